The van der Waals surface area contributed by atoms with Crippen LogP contribution < -0.4 is 10.6 Å². The average molecular weight is 261 g/mol. The van der Waals surface area contributed by atoms with Crippen LogP contribution in [-0.2, 0) is 0 Å². The molecule has 1 fully saturated rings. The highest BCUT2D eigenvalue weighted by Gasteiger charge is 2.40. The highest BCUT2D eigenvalue weighted by Crippen LogP contribution is 2.37. The summed E-state index contributed by atoms with van der Waals surface area (Å²) in [6.45, 7) is 0.979. The minimum Gasteiger partial charge on any atom is -0.384 e. The Hall–Kier alpha value is -1.62. The first kappa shape index (κ1) is 13.8. The summed E-state index contributed by atoms with van der Waals surface area (Å²) in [5.41, 5.74) is 6.39. The first-order valence-electron chi connectivity index (χ1n) is 6.64. The summed E-state index contributed by atoms with van der Waals surface area (Å²) in [5.74, 6) is 0.989. The second kappa shape index (κ2) is 5.17. The summed E-state index contributed by atoms with van der Waals surface area (Å²) in [6, 6.07) is 3.78. The highest BCUT2D eigenvalue weighted by atomic mass is 15.2. The fourth-order valence-corrected chi connectivity index (χ4v) is 2.63. The van der Waals surface area contributed by atoms with Crippen molar-refractivity contribution < 1.29 is 0 Å². The number of hydrogen-bond acceptors (Lipinski definition) is 4. The van der Waals surface area contributed by atoms with Crippen LogP contribution in [0.25, 0.3) is 0 Å². The molecule has 104 valence electrons. The summed E-state index contributed by atoms with van der Waals surface area (Å²) < 4.78 is 0. The zero-order valence-electron chi connectivity index (χ0n) is 12.0. The van der Waals surface area contributed by atoms with Gasteiger partial charge in [0.15, 0.2) is 0 Å². The lowest BCUT2D eigenvalue weighted by Gasteiger charge is -2.49. The number of likely N-dealkylation sites (N-methyl/N-ethyl adjacent to an activating group) is 2. The number of nitrogen functional groups attached to an aromatic ring is 1. The summed E-state index contributed by atoms with van der Waals surface area (Å²) in [7, 11) is 6.37. The molecular weight excluding hydrogens is 238 g/mol. The standard InChI is InChI=1S/C14H23N5/c1-18(2)14(7-4-8-14)10-19(3)12-6-5-11(9-17-12)13(15)16/h5-6,9H,4,7-8,10H2,1-3H3,(H3,15,16). The van der Waals surface area contributed by atoms with E-state index in [-0.39, 0.29) is 11.4 Å². The van der Waals surface area contributed by atoms with Gasteiger partial charge < -0.3 is 15.5 Å². The fourth-order valence-electron chi connectivity index (χ4n) is 2.63. The summed E-state index contributed by atoms with van der Waals surface area (Å²) in [4.78, 5) is 8.90. The molecule has 1 aliphatic rings. The van der Waals surface area contributed by atoms with E-state index in [0.29, 0.717) is 5.56 Å². The normalized spacial score (nSPS) is 17.1. The van der Waals surface area contributed by atoms with Gasteiger partial charge in [-0.2, -0.15) is 0 Å². The molecule has 2 rings (SSSR count). The van der Waals surface area contributed by atoms with Crippen molar-refractivity contribution in [2.24, 2.45) is 5.73 Å². The molecule has 1 heterocycles. The van der Waals surface area contributed by atoms with Crippen molar-refractivity contribution in [2.45, 2.75) is 24.8 Å². The number of amidine groups is 1. The molecule has 0 bridgehead atoms. The molecule has 5 nitrogen and oxygen atoms in total. The molecule has 0 saturated heterocycles. The SMILES string of the molecule is CN(CC1(N(C)C)CCC1)c1ccc(C(=N)N)cn1. The van der Waals surface area contributed by atoms with E-state index in [1.165, 1.54) is 19.3 Å². The van der Waals surface area contributed by atoms with Gasteiger partial charge in [-0.1, -0.05) is 0 Å². The van der Waals surface area contributed by atoms with Gasteiger partial charge in [-0.15, -0.1) is 0 Å². The van der Waals surface area contributed by atoms with Crippen LogP contribution in [0.1, 0.15) is 24.8 Å². The van der Waals surface area contributed by atoms with Crippen molar-refractivity contribution in [2.75, 3.05) is 32.6 Å². The molecule has 0 aromatic carbocycles. The Kier molecular flexibility index (Phi) is 3.75. The van der Waals surface area contributed by atoms with E-state index < -0.39 is 0 Å². The quantitative estimate of drug-likeness (QED) is 0.619. The Bertz CT molecular complexity index is 447. The first-order valence-corrected chi connectivity index (χ1v) is 6.64. The molecule has 1 saturated carbocycles. The van der Waals surface area contributed by atoms with Crippen LogP contribution >= 0.6 is 0 Å². The molecule has 1 aromatic heterocycles. The lowest BCUT2D eigenvalue weighted by molar-refractivity contribution is 0.0682. The molecule has 0 amide bonds. The number of nitrogens with zero attached hydrogens (tertiary/aromatic N) is 3. The van der Waals surface area contributed by atoms with E-state index in [1.54, 1.807) is 6.20 Å². The summed E-state index contributed by atoms with van der Waals surface area (Å²) in [5, 5.41) is 7.37. The Morgan fingerprint density at radius 2 is 2.05 bits per heavy atom. The molecule has 1 aliphatic carbocycles. The molecular formula is C14H23N5. The van der Waals surface area contributed by atoms with Crippen LogP contribution in [0.5, 0.6) is 0 Å². The second-order valence-electron chi connectivity index (χ2n) is 5.65. The van der Waals surface area contributed by atoms with Gasteiger partial charge in [-0.3, -0.25) is 5.41 Å². The number of nitrogens with two attached hydrogens (primary N) is 1. The maximum absolute atomic E-state index is 7.37. The average Bonchev–Trinajstić information content (AvgIpc) is 2.33. The van der Waals surface area contributed by atoms with E-state index in [4.69, 9.17) is 11.1 Å². The molecule has 0 aliphatic heterocycles. The lowest BCUT2D eigenvalue weighted by atomic mass is 9.75. The number of nitrogens with one attached hydrogen (secondary N) is 1. The molecule has 0 spiro atoms. The van der Waals surface area contributed by atoms with Crippen molar-refractivity contribution in [3.05, 3.63) is 23.9 Å². The fraction of sp³-hybridized carbons (Fsp3) is 0.571. The van der Waals surface area contributed by atoms with Crippen LogP contribution in [0.4, 0.5) is 5.82 Å². The van der Waals surface area contributed by atoms with E-state index in [9.17, 15) is 0 Å². The number of hydrogen-bond donors (Lipinski definition) is 2. The van der Waals surface area contributed by atoms with Gasteiger partial charge in [0.25, 0.3) is 0 Å². The van der Waals surface area contributed by atoms with E-state index >= 15 is 0 Å². The Labute approximate surface area is 114 Å². The maximum Gasteiger partial charge on any atom is 0.128 e. The van der Waals surface area contributed by atoms with E-state index in [2.05, 4.69) is 35.9 Å². The predicted molar refractivity (Wildman–Crippen MR) is 78.8 cm³/mol. The van der Waals surface area contributed by atoms with Crippen LogP contribution in [-0.4, -0.2) is 48.9 Å². The van der Waals surface area contributed by atoms with Gasteiger partial charge in [-0.05, 0) is 45.5 Å². The van der Waals surface area contributed by atoms with Crippen molar-refractivity contribution in [3.63, 3.8) is 0 Å². The number of rotatable bonds is 5. The van der Waals surface area contributed by atoms with Crippen LogP contribution in [0.15, 0.2) is 18.3 Å². The Morgan fingerprint density at radius 1 is 1.37 bits per heavy atom. The second-order valence-corrected chi connectivity index (χ2v) is 5.65. The monoisotopic (exact) mass is 261 g/mol. The van der Waals surface area contributed by atoms with Crippen LogP contribution in [0, 0.1) is 5.41 Å². The molecule has 0 atom stereocenters. The van der Waals surface area contributed by atoms with Gasteiger partial charge in [0.05, 0.1) is 0 Å². The van der Waals surface area contributed by atoms with E-state index in [1.807, 2.05) is 12.1 Å². The van der Waals surface area contributed by atoms with Crippen molar-refractivity contribution in [1.82, 2.24) is 9.88 Å². The molecule has 5 heteroatoms. The van der Waals surface area contributed by atoms with Gasteiger partial charge >= 0.3 is 0 Å². The van der Waals surface area contributed by atoms with Crippen molar-refractivity contribution >= 4 is 11.7 Å². The third kappa shape index (κ3) is 2.71. The Morgan fingerprint density at radius 3 is 2.42 bits per heavy atom. The molecule has 19 heavy (non-hydrogen) atoms. The first-order chi connectivity index (χ1) is 8.94. The Balaban J connectivity index is 2.07. The van der Waals surface area contributed by atoms with E-state index in [0.717, 1.165) is 12.4 Å². The zero-order chi connectivity index (χ0) is 14.0. The van der Waals surface area contributed by atoms with Crippen LogP contribution in [0.3, 0.4) is 0 Å². The van der Waals surface area contributed by atoms with Crippen molar-refractivity contribution in [1.29, 1.82) is 5.41 Å². The van der Waals surface area contributed by atoms with Crippen molar-refractivity contribution in [3.8, 4) is 0 Å². The molecule has 0 radical (unpaired) electrons. The van der Waals surface area contributed by atoms with Gasteiger partial charge in [0, 0.05) is 30.9 Å². The maximum atomic E-state index is 7.37. The zero-order valence-corrected chi connectivity index (χ0v) is 12.0. The largest absolute Gasteiger partial charge is 0.384 e. The molecule has 0 unspecified atom stereocenters. The molecule has 3 N–H and O–H groups in total. The lowest BCUT2D eigenvalue weighted by Crippen LogP contribution is -2.56. The predicted octanol–water partition coefficient (Wildman–Crippen LogP) is 1.29. The topological polar surface area (TPSA) is 69.2 Å². The summed E-state index contributed by atoms with van der Waals surface area (Å²) in [6.07, 6.45) is 5.46. The summed E-state index contributed by atoms with van der Waals surface area (Å²) >= 11 is 0. The number of pyridine rings is 1. The third-order valence-electron chi connectivity index (χ3n) is 4.21. The third-order valence-corrected chi connectivity index (χ3v) is 4.21. The smallest absolute Gasteiger partial charge is 0.128 e. The van der Waals surface area contributed by atoms with Crippen LogP contribution in [0.2, 0.25) is 0 Å². The minimum atomic E-state index is 0.0606. The van der Waals surface area contributed by atoms with Gasteiger partial charge in [0.2, 0.25) is 0 Å². The number of anilines is 1. The minimum absolute atomic E-state index is 0.0606. The number of aromatic nitrogens is 1. The van der Waals surface area contributed by atoms with Gasteiger partial charge in [0.1, 0.15) is 11.7 Å². The molecule has 1 aromatic rings. The van der Waals surface area contributed by atoms with Gasteiger partial charge in [-0.25, -0.2) is 4.98 Å². The highest BCUT2D eigenvalue weighted by molar-refractivity contribution is 5.94.